The van der Waals surface area contributed by atoms with E-state index in [1.807, 2.05) is 0 Å². The Morgan fingerprint density at radius 2 is 1.74 bits per heavy atom. The van der Waals surface area contributed by atoms with Gasteiger partial charge in [-0.1, -0.05) is 40.9 Å². The van der Waals surface area contributed by atoms with Gasteiger partial charge in [-0.15, -0.1) is 0 Å². The van der Waals surface area contributed by atoms with Crippen LogP contribution in [0.4, 0.5) is 0 Å². The molecule has 0 saturated carbocycles. The summed E-state index contributed by atoms with van der Waals surface area (Å²) in [5.41, 5.74) is 1.77. The van der Waals surface area contributed by atoms with E-state index in [9.17, 15) is 4.79 Å². The molecular weight excluding hydrogens is 309 g/mol. The van der Waals surface area contributed by atoms with E-state index in [-0.39, 0.29) is 5.69 Å². The number of pyridine rings is 1. The normalized spacial score (nSPS) is 10.3. The van der Waals surface area contributed by atoms with Crippen molar-refractivity contribution < 1.29 is 9.53 Å². The number of hydrogen-bond acceptors (Lipinski definition) is 3. The van der Waals surface area contributed by atoms with Crippen LogP contribution in [0.15, 0.2) is 30.5 Å². The lowest BCUT2D eigenvalue weighted by Gasteiger charge is -2.06. The van der Waals surface area contributed by atoms with Crippen LogP contribution in [0.5, 0.6) is 0 Å². The molecule has 0 spiro atoms. The van der Waals surface area contributed by atoms with Gasteiger partial charge < -0.3 is 4.74 Å². The van der Waals surface area contributed by atoms with Gasteiger partial charge in [-0.2, -0.15) is 0 Å². The van der Waals surface area contributed by atoms with E-state index in [2.05, 4.69) is 9.72 Å². The molecule has 0 radical (unpaired) electrons. The van der Waals surface area contributed by atoms with Crippen LogP contribution in [0.2, 0.25) is 15.1 Å². The average Bonchev–Trinajstić information content (AvgIpc) is 2.43. The van der Waals surface area contributed by atoms with Crippen LogP contribution in [-0.2, 0) is 4.74 Å². The highest BCUT2D eigenvalue weighted by Gasteiger charge is 2.10. The Hall–Kier alpha value is -1.29. The number of nitrogens with zero attached hydrogens (tertiary/aromatic N) is 1. The molecule has 1 aromatic carbocycles. The van der Waals surface area contributed by atoms with Gasteiger partial charge in [0.15, 0.2) is 0 Å². The first-order chi connectivity index (χ1) is 9.02. The lowest BCUT2D eigenvalue weighted by molar-refractivity contribution is 0.0594. The molecule has 19 heavy (non-hydrogen) atoms. The standard InChI is InChI=1S/C13H8Cl3NO2/c1-19-13(18)11-3-2-7(6-17-11)8-4-9(14)12(16)10(15)5-8/h2-6H,1H3. The molecule has 0 atom stereocenters. The van der Waals surface area contributed by atoms with E-state index < -0.39 is 5.97 Å². The van der Waals surface area contributed by atoms with Crippen molar-refractivity contribution in [2.75, 3.05) is 7.11 Å². The summed E-state index contributed by atoms with van der Waals surface area (Å²) in [5, 5.41) is 1.04. The maximum absolute atomic E-state index is 11.3. The molecular formula is C13H8Cl3NO2. The highest BCUT2D eigenvalue weighted by Crippen LogP contribution is 2.34. The molecule has 1 aromatic heterocycles. The average molecular weight is 317 g/mol. The number of rotatable bonds is 2. The van der Waals surface area contributed by atoms with Crippen LogP contribution in [0.1, 0.15) is 10.5 Å². The Labute approximate surface area is 125 Å². The van der Waals surface area contributed by atoms with Crippen molar-refractivity contribution in [1.29, 1.82) is 0 Å². The zero-order valence-electron chi connectivity index (χ0n) is 9.78. The fourth-order valence-corrected chi connectivity index (χ4v) is 2.11. The zero-order valence-corrected chi connectivity index (χ0v) is 12.1. The molecule has 0 saturated heterocycles. The number of carbonyl (C=O) groups is 1. The van der Waals surface area contributed by atoms with E-state index in [1.165, 1.54) is 7.11 Å². The summed E-state index contributed by atoms with van der Waals surface area (Å²) in [6, 6.07) is 6.67. The van der Waals surface area contributed by atoms with Gasteiger partial charge in [0.1, 0.15) is 5.69 Å². The molecule has 1 heterocycles. The van der Waals surface area contributed by atoms with Crippen molar-refractivity contribution >= 4 is 40.8 Å². The van der Waals surface area contributed by atoms with E-state index in [1.54, 1.807) is 30.5 Å². The third-order valence-electron chi connectivity index (χ3n) is 2.48. The number of ether oxygens (including phenoxy) is 1. The monoisotopic (exact) mass is 315 g/mol. The molecule has 0 aliphatic carbocycles. The minimum Gasteiger partial charge on any atom is -0.464 e. The van der Waals surface area contributed by atoms with Gasteiger partial charge in [-0.05, 0) is 23.8 Å². The maximum Gasteiger partial charge on any atom is 0.356 e. The Morgan fingerprint density at radius 1 is 1.11 bits per heavy atom. The second-order valence-electron chi connectivity index (χ2n) is 3.68. The third-order valence-corrected chi connectivity index (χ3v) is 3.67. The second-order valence-corrected chi connectivity index (χ2v) is 4.87. The van der Waals surface area contributed by atoms with Gasteiger partial charge in [-0.3, -0.25) is 0 Å². The first-order valence-corrected chi connectivity index (χ1v) is 6.35. The van der Waals surface area contributed by atoms with Gasteiger partial charge in [0.25, 0.3) is 0 Å². The van der Waals surface area contributed by atoms with Crippen molar-refractivity contribution in [1.82, 2.24) is 4.98 Å². The third kappa shape index (κ3) is 3.00. The summed E-state index contributed by atoms with van der Waals surface area (Å²) >= 11 is 17.8. The zero-order chi connectivity index (χ0) is 14.0. The van der Waals surface area contributed by atoms with E-state index in [0.29, 0.717) is 15.1 Å². The van der Waals surface area contributed by atoms with E-state index >= 15 is 0 Å². The van der Waals surface area contributed by atoms with Gasteiger partial charge in [0, 0.05) is 11.8 Å². The van der Waals surface area contributed by atoms with Crippen molar-refractivity contribution in [2.24, 2.45) is 0 Å². The van der Waals surface area contributed by atoms with Crippen LogP contribution in [0.3, 0.4) is 0 Å². The van der Waals surface area contributed by atoms with Gasteiger partial charge >= 0.3 is 5.97 Å². The summed E-state index contributed by atoms with van der Waals surface area (Å²) in [6.45, 7) is 0. The number of benzene rings is 1. The Balaban J connectivity index is 2.40. The summed E-state index contributed by atoms with van der Waals surface area (Å²) in [5.74, 6) is -0.487. The molecule has 3 nitrogen and oxygen atoms in total. The topological polar surface area (TPSA) is 39.2 Å². The predicted octanol–water partition coefficient (Wildman–Crippen LogP) is 4.50. The molecule has 0 aliphatic rings. The molecule has 98 valence electrons. The SMILES string of the molecule is COC(=O)c1ccc(-c2cc(Cl)c(Cl)c(Cl)c2)cn1. The molecule has 0 aliphatic heterocycles. The number of carbonyl (C=O) groups excluding carboxylic acids is 1. The molecule has 0 fully saturated rings. The van der Waals surface area contributed by atoms with Crippen molar-refractivity contribution in [3.05, 3.63) is 51.2 Å². The molecule has 6 heteroatoms. The largest absolute Gasteiger partial charge is 0.464 e. The van der Waals surface area contributed by atoms with Crippen LogP contribution in [0.25, 0.3) is 11.1 Å². The molecule has 2 rings (SSSR count). The highest BCUT2D eigenvalue weighted by molar-refractivity contribution is 6.48. The Morgan fingerprint density at radius 3 is 2.21 bits per heavy atom. The number of aromatic nitrogens is 1. The molecule has 2 aromatic rings. The van der Waals surface area contributed by atoms with Gasteiger partial charge in [0.05, 0.1) is 22.2 Å². The van der Waals surface area contributed by atoms with Crippen molar-refractivity contribution in [2.45, 2.75) is 0 Å². The van der Waals surface area contributed by atoms with Crippen LogP contribution in [-0.4, -0.2) is 18.1 Å². The second kappa shape index (κ2) is 5.78. The van der Waals surface area contributed by atoms with E-state index in [4.69, 9.17) is 34.8 Å². The summed E-state index contributed by atoms with van der Waals surface area (Å²) < 4.78 is 4.57. The minimum absolute atomic E-state index is 0.234. The Bertz CT molecular complexity index is 603. The van der Waals surface area contributed by atoms with Crippen molar-refractivity contribution in [3.63, 3.8) is 0 Å². The molecule has 0 amide bonds. The maximum atomic E-state index is 11.3. The number of hydrogen-bond donors (Lipinski definition) is 0. The smallest absolute Gasteiger partial charge is 0.356 e. The van der Waals surface area contributed by atoms with Crippen LogP contribution >= 0.6 is 34.8 Å². The molecule has 0 unspecified atom stereocenters. The number of esters is 1. The lowest BCUT2D eigenvalue weighted by Crippen LogP contribution is -2.03. The van der Waals surface area contributed by atoms with E-state index in [0.717, 1.165) is 11.1 Å². The van der Waals surface area contributed by atoms with Crippen LogP contribution in [0, 0.1) is 0 Å². The summed E-state index contributed by atoms with van der Waals surface area (Å²) in [7, 11) is 1.30. The lowest BCUT2D eigenvalue weighted by atomic mass is 10.1. The molecule has 0 bridgehead atoms. The first-order valence-electron chi connectivity index (χ1n) is 5.22. The van der Waals surface area contributed by atoms with Crippen LogP contribution < -0.4 is 0 Å². The summed E-state index contributed by atoms with van der Waals surface area (Å²) in [6.07, 6.45) is 1.54. The fraction of sp³-hybridized carbons (Fsp3) is 0.0769. The van der Waals surface area contributed by atoms with Crippen molar-refractivity contribution in [3.8, 4) is 11.1 Å². The number of halogens is 3. The first kappa shape index (κ1) is 14.1. The quantitative estimate of drug-likeness (QED) is 0.605. The summed E-state index contributed by atoms with van der Waals surface area (Å²) in [4.78, 5) is 15.3. The van der Waals surface area contributed by atoms with Gasteiger partial charge in [0.2, 0.25) is 0 Å². The van der Waals surface area contributed by atoms with Gasteiger partial charge in [-0.25, -0.2) is 9.78 Å². The Kier molecular flexibility index (Phi) is 4.30. The minimum atomic E-state index is -0.487. The predicted molar refractivity (Wildman–Crippen MR) is 76.0 cm³/mol. The number of methoxy groups -OCH3 is 1. The highest BCUT2D eigenvalue weighted by atomic mass is 35.5. The molecule has 0 N–H and O–H groups in total. The fourth-order valence-electron chi connectivity index (χ4n) is 1.51.